The first-order valence-corrected chi connectivity index (χ1v) is 13.5. The van der Waals surface area contributed by atoms with Crippen LogP contribution in [0.15, 0.2) is 11.6 Å². The second-order valence-electron chi connectivity index (χ2n) is 12.6. The lowest BCUT2D eigenvalue weighted by atomic mass is 9.44. The molecule has 4 aliphatic rings. The summed E-state index contributed by atoms with van der Waals surface area (Å²) in [5.41, 5.74) is 2.51. The van der Waals surface area contributed by atoms with Crippen LogP contribution in [0.4, 0.5) is 0 Å². The van der Waals surface area contributed by atoms with Crippen molar-refractivity contribution in [3.05, 3.63) is 11.6 Å². The lowest BCUT2D eigenvalue weighted by molar-refractivity contribution is -0.162. The second kappa shape index (κ2) is 8.86. The Labute approximate surface area is 192 Å². The maximum atomic E-state index is 11.9. The summed E-state index contributed by atoms with van der Waals surface area (Å²) in [7, 11) is 0. The van der Waals surface area contributed by atoms with Crippen LogP contribution in [-0.2, 0) is 9.53 Å². The Morgan fingerprint density at radius 1 is 1.00 bits per heavy atom. The van der Waals surface area contributed by atoms with Crippen molar-refractivity contribution in [3.63, 3.8) is 0 Å². The number of carbonyl (C=O) groups excluding carboxylic acids is 1. The van der Waals surface area contributed by atoms with E-state index in [1.807, 2.05) is 6.92 Å². The minimum absolute atomic E-state index is 0.00468. The highest BCUT2D eigenvalue weighted by Crippen LogP contribution is 2.68. The summed E-state index contributed by atoms with van der Waals surface area (Å²) in [6, 6.07) is 0. The molecular weight excluding hydrogens is 380 g/mol. The molecule has 176 valence electrons. The van der Waals surface area contributed by atoms with Crippen molar-refractivity contribution in [3.8, 4) is 0 Å². The largest absolute Gasteiger partial charge is 0.462 e. The molecule has 4 fully saturated rings. The van der Waals surface area contributed by atoms with Crippen molar-refractivity contribution >= 4 is 5.97 Å². The number of hydrogen-bond donors (Lipinski definition) is 0. The number of rotatable bonds is 5. The number of carbonyl (C=O) groups is 1. The van der Waals surface area contributed by atoms with Gasteiger partial charge in [-0.2, -0.15) is 0 Å². The van der Waals surface area contributed by atoms with Crippen LogP contribution in [0, 0.1) is 46.3 Å². The molecule has 0 N–H and O–H groups in total. The standard InChI is InChI=1S/C29H48O2/c1-7-27(30)31-22-14-16-28(5)21(18-22)10-11-23-25-13-12-24(20(4)9-8-19(2)3)29(25,6)17-15-26(23)28/h8,20-26H,7,9-18H2,1-6H3/t20-,21+,22+,23+,24-,25+,26+,28+,29-/m1/s1. The van der Waals surface area contributed by atoms with E-state index in [2.05, 4.69) is 40.7 Å². The van der Waals surface area contributed by atoms with Gasteiger partial charge in [0.2, 0.25) is 0 Å². The molecule has 4 rings (SSSR count). The third-order valence-corrected chi connectivity index (χ3v) is 10.9. The van der Waals surface area contributed by atoms with E-state index in [9.17, 15) is 4.79 Å². The molecule has 0 radical (unpaired) electrons. The smallest absolute Gasteiger partial charge is 0.305 e. The molecular formula is C29H48O2. The molecule has 2 nitrogen and oxygen atoms in total. The van der Waals surface area contributed by atoms with E-state index in [4.69, 9.17) is 4.74 Å². The van der Waals surface area contributed by atoms with E-state index in [-0.39, 0.29) is 12.1 Å². The first kappa shape index (κ1) is 23.4. The van der Waals surface area contributed by atoms with Gasteiger partial charge in [-0.1, -0.05) is 39.3 Å². The predicted molar refractivity (Wildman–Crippen MR) is 129 cm³/mol. The summed E-state index contributed by atoms with van der Waals surface area (Å²) in [6.45, 7) is 14.2. The van der Waals surface area contributed by atoms with Gasteiger partial charge in [-0.25, -0.2) is 0 Å². The highest BCUT2D eigenvalue weighted by molar-refractivity contribution is 5.69. The average Bonchev–Trinajstić information content (AvgIpc) is 3.09. The van der Waals surface area contributed by atoms with Crippen LogP contribution in [0.5, 0.6) is 0 Å². The Kier molecular flexibility index (Phi) is 6.68. The topological polar surface area (TPSA) is 26.3 Å². The molecule has 4 aliphatic carbocycles. The zero-order valence-electron chi connectivity index (χ0n) is 21.2. The van der Waals surface area contributed by atoms with Gasteiger partial charge in [0.15, 0.2) is 0 Å². The van der Waals surface area contributed by atoms with Crippen LogP contribution in [0.3, 0.4) is 0 Å². The van der Waals surface area contributed by atoms with Crippen molar-refractivity contribution < 1.29 is 9.53 Å². The van der Waals surface area contributed by atoms with Gasteiger partial charge in [-0.3, -0.25) is 4.79 Å². The molecule has 9 atom stereocenters. The highest BCUT2D eigenvalue weighted by Gasteiger charge is 2.60. The van der Waals surface area contributed by atoms with Crippen LogP contribution in [0.2, 0.25) is 0 Å². The summed E-state index contributed by atoms with van der Waals surface area (Å²) < 4.78 is 5.79. The maximum absolute atomic E-state index is 11.9. The molecule has 0 amide bonds. The van der Waals surface area contributed by atoms with Crippen LogP contribution in [0.25, 0.3) is 0 Å². The Bertz CT molecular complexity index is 691. The van der Waals surface area contributed by atoms with E-state index in [0.29, 0.717) is 17.3 Å². The molecule has 0 spiro atoms. The van der Waals surface area contributed by atoms with Gasteiger partial charge in [-0.15, -0.1) is 0 Å². The van der Waals surface area contributed by atoms with Crippen molar-refractivity contribution in [1.29, 1.82) is 0 Å². The summed E-state index contributed by atoms with van der Waals surface area (Å²) in [5.74, 6) is 5.26. The van der Waals surface area contributed by atoms with Crippen LogP contribution < -0.4 is 0 Å². The van der Waals surface area contributed by atoms with E-state index >= 15 is 0 Å². The second-order valence-corrected chi connectivity index (χ2v) is 12.6. The molecule has 0 aliphatic heterocycles. The summed E-state index contributed by atoms with van der Waals surface area (Å²) in [6.07, 6.45) is 16.5. The number of allylic oxidation sites excluding steroid dienone is 2. The van der Waals surface area contributed by atoms with Gasteiger partial charge >= 0.3 is 5.97 Å². The zero-order valence-corrected chi connectivity index (χ0v) is 21.2. The highest BCUT2D eigenvalue weighted by atomic mass is 16.5. The number of esters is 1. The minimum Gasteiger partial charge on any atom is -0.462 e. The Morgan fingerprint density at radius 3 is 2.42 bits per heavy atom. The molecule has 0 aromatic carbocycles. The predicted octanol–water partition coefficient (Wildman–Crippen LogP) is 7.96. The van der Waals surface area contributed by atoms with Crippen LogP contribution >= 0.6 is 0 Å². The number of fused-ring (bicyclic) bond motifs is 5. The zero-order chi connectivity index (χ0) is 22.4. The van der Waals surface area contributed by atoms with Crippen molar-refractivity contribution in [2.24, 2.45) is 46.3 Å². The molecule has 0 bridgehead atoms. The number of ether oxygens (including phenoxy) is 1. The lowest BCUT2D eigenvalue weighted by Crippen LogP contribution is -2.54. The van der Waals surface area contributed by atoms with Gasteiger partial charge in [0, 0.05) is 6.42 Å². The molecule has 0 heterocycles. The Morgan fingerprint density at radius 2 is 1.71 bits per heavy atom. The molecule has 2 heteroatoms. The molecule has 31 heavy (non-hydrogen) atoms. The van der Waals surface area contributed by atoms with Gasteiger partial charge in [-0.05, 0) is 124 Å². The van der Waals surface area contributed by atoms with Crippen molar-refractivity contribution in [2.45, 2.75) is 118 Å². The van der Waals surface area contributed by atoms with Gasteiger partial charge < -0.3 is 4.74 Å². The lowest BCUT2D eigenvalue weighted by Gasteiger charge is -2.61. The Balaban J connectivity index is 1.46. The first-order chi connectivity index (χ1) is 14.7. The van der Waals surface area contributed by atoms with Crippen LogP contribution in [0.1, 0.15) is 112 Å². The summed E-state index contributed by atoms with van der Waals surface area (Å²) in [4.78, 5) is 11.9. The quantitative estimate of drug-likeness (QED) is 0.328. The van der Waals surface area contributed by atoms with E-state index in [0.717, 1.165) is 48.3 Å². The molecule has 4 saturated carbocycles. The summed E-state index contributed by atoms with van der Waals surface area (Å²) >= 11 is 0. The molecule has 0 unspecified atom stereocenters. The van der Waals surface area contributed by atoms with Crippen LogP contribution in [-0.4, -0.2) is 12.1 Å². The van der Waals surface area contributed by atoms with E-state index in [1.165, 1.54) is 56.9 Å². The minimum atomic E-state index is -0.00468. The molecule has 0 aromatic heterocycles. The normalized spacial score (nSPS) is 45.1. The third-order valence-electron chi connectivity index (χ3n) is 10.9. The van der Waals surface area contributed by atoms with Gasteiger partial charge in [0.25, 0.3) is 0 Å². The van der Waals surface area contributed by atoms with E-state index in [1.54, 1.807) is 0 Å². The summed E-state index contributed by atoms with van der Waals surface area (Å²) in [5, 5.41) is 0. The van der Waals surface area contributed by atoms with E-state index < -0.39 is 0 Å². The third kappa shape index (κ3) is 4.15. The fourth-order valence-corrected chi connectivity index (χ4v) is 9.16. The fourth-order valence-electron chi connectivity index (χ4n) is 9.16. The average molecular weight is 429 g/mol. The maximum Gasteiger partial charge on any atom is 0.305 e. The van der Waals surface area contributed by atoms with Gasteiger partial charge in [0.1, 0.15) is 6.10 Å². The number of hydrogen-bond acceptors (Lipinski definition) is 2. The van der Waals surface area contributed by atoms with Crippen molar-refractivity contribution in [1.82, 2.24) is 0 Å². The SMILES string of the molecule is CCC(=O)O[C@H]1CC[C@@]2(C)[C@@H](CC[C@@H]3[C@@H]2CC[C@]2(C)[C@@H]([C@H](C)CC=C(C)C)CC[C@@H]32)C1. The fraction of sp³-hybridized carbons (Fsp3) is 0.897. The van der Waals surface area contributed by atoms with Gasteiger partial charge in [0.05, 0.1) is 0 Å². The molecule has 0 saturated heterocycles. The Hall–Kier alpha value is -0.790. The van der Waals surface area contributed by atoms with Crippen molar-refractivity contribution in [2.75, 3.05) is 0 Å². The first-order valence-electron chi connectivity index (χ1n) is 13.5. The molecule has 0 aromatic rings. The monoisotopic (exact) mass is 428 g/mol.